The van der Waals surface area contributed by atoms with Crippen LogP contribution in [-0.4, -0.2) is 31.6 Å². The second-order valence-corrected chi connectivity index (χ2v) is 5.98. The summed E-state index contributed by atoms with van der Waals surface area (Å²) >= 11 is 0. The summed E-state index contributed by atoms with van der Waals surface area (Å²) in [5.41, 5.74) is 2.33. The third kappa shape index (κ3) is 3.88. The van der Waals surface area contributed by atoms with E-state index in [0.717, 1.165) is 30.8 Å². The highest BCUT2D eigenvalue weighted by atomic mass is 16.5. The van der Waals surface area contributed by atoms with Gasteiger partial charge in [-0.15, -0.1) is 0 Å². The summed E-state index contributed by atoms with van der Waals surface area (Å²) in [6.45, 7) is 4.69. The maximum Gasteiger partial charge on any atom is 0.261 e. The average Bonchev–Trinajstić information content (AvgIpc) is 3.06. The van der Waals surface area contributed by atoms with E-state index in [9.17, 15) is 4.79 Å². The molecule has 0 fully saturated rings. The van der Waals surface area contributed by atoms with Gasteiger partial charge >= 0.3 is 0 Å². The quantitative estimate of drug-likeness (QED) is 0.796. The monoisotopic (exact) mass is 324 g/mol. The third-order valence-corrected chi connectivity index (χ3v) is 4.35. The topological polar surface area (TPSA) is 41.6 Å². The lowest BCUT2D eigenvalue weighted by atomic mass is 10.1. The number of benzene rings is 2. The molecule has 2 aromatic carbocycles. The van der Waals surface area contributed by atoms with E-state index >= 15 is 0 Å². The highest BCUT2D eigenvalue weighted by Crippen LogP contribution is 2.28. The van der Waals surface area contributed by atoms with Crippen LogP contribution in [0.25, 0.3) is 0 Å². The van der Waals surface area contributed by atoms with Crippen molar-refractivity contribution < 1.29 is 9.53 Å². The van der Waals surface area contributed by atoms with E-state index in [2.05, 4.69) is 41.4 Å². The van der Waals surface area contributed by atoms with Crippen LogP contribution < -0.4 is 15.0 Å². The summed E-state index contributed by atoms with van der Waals surface area (Å²) in [4.78, 5) is 14.6. The van der Waals surface area contributed by atoms with E-state index in [1.807, 2.05) is 30.3 Å². The zero-order valence-corrected chi connectivity index (χ0v) is 14.1. The SMILES string of the molecule is CCN(CCCNC(=O)C1Cc2ccccc2O1)c1ccccc1. The minimum atomic E-state index is -0.390. The molecule has 3 rings (SSSR count). The molecular weight excluding hydrogens is 300 g/mol. The first kappa shape index (κ1) is 16.4. The van der Waals surface area contributed by atoms with Crippen molar-refractivity contribution in [3.8, 4) is 5.75 Å². The first-order valence-electron chi connectivity index (χ1n) is 8.60. The zero-order valence-electron chi connectivity index (χ0n) is 14.1. The summed E-state index contributed by atoms with van der Waals surface area (Å²) in [7, 11) is 0. The predicted octanol–water partition coefficient (Wildman–Crippen LogP) is 3.02. The van der Waals surface area contributed by atoms with Gasteiger partial charge in [0.2, 0.25) is 0 Å². The molecular formula is C20H24N2O2. The molecule has 1 heterocycles. The van der Waals surface area contributed by atoms with E-state index in [1.54, 1.807) is 0 Å². The van der Waals surface area contributed by atoms with Crippen molar-refractivity contribution in [2.24, 2.45) is 0 Å². The van der Waals surface area contributed by atoms with Crippen LogP contribution in [0, 0.1) is 0 Å². The van der Waals surface area contributed by atoms with Gasteiger partial charge in [-0.2, -0.15) is 0 Å². The molecule has 0 spiro atoms. The molecule has 1 N–H and O–H groups in total. The van der Waals surface area contributed by atoms with Crippen molar-refractivity contribution in [2.75, 3.05) is 24.5 Å². The zero-order chi connectivity index (χ0) is 16.8. The first-order chi connectivity index (χ1) is 11.8. The molecule has 1 unspecified atom stereocenters. The maximum atomic E-state index is 12.2. The Morgan fingerprint density at radius 2 is 1.92 bits per heavy atom. The fraction of sp³-hybridized carbons (Fsp3) is 0.350. The van der Waals surface area contributed by atoms with Crippen LogP contribution in [0.4, 0.5) is 5.69 Å². The second-order valence-electron chi connectivity index (χ2n) is 5.98. The number of rotatable bonds is 7. The Kier molecular flexibility index (Phi) is 5.36. The van der Waals surface area contributed by atoms with Crippen molar-refractivity contribution in [1.29, 1.82) is 0 Å². The van der Waals surface area contributed by atoms with Crippen LogP contribution in [0.15, 0.2) is 54.6 Å². The van der Waals surface area contributed by atoms with Crippen LogP contribution in [0.3, 0.4) is 0 Å². The highest BCUT2D eigenvalue weighted by molar-refractivity contribution is 5.82. The van der Waals surface area contributed by atoms with Gasteiger partial charge in [-0.05, 0) is 37.1 Å². The number of nitrogens with one attached hydrogen (secondary N) is 1. The van der Waals surface area contributed by atoms with E-state index < -0.39 is 0 Å². The molecule has 0 saturated carbocycles. The highest BCUT2D eigenvalue weighted by Gasteiger charge is 2.28. The summed E-state index contributed by atoms with van der Waals surface area (Å²) in [6, 6.07) is 18.2. The molecule has 0 aromatic heterocycles. The summed E-state index contributed by atoms with van der Waals surface area (Å²) in [5, 5.41) is 3.00. The molecule has 1 aliphatic heterocycles. The van der Waals surface area contributed by atoms with Crippen LogP contribution in [0.5, 0.6) is 5.75 Å². The number of hydrogen-bond donors (Lipinski definition) is 1. The molecule has 0 radical (unpaired) electrons. The summed E-state index contributed by atoms with van der Waals surface area (Å²) in [5.74, 6) is 0.813. The van der Waals surface area contributed by atoms with Crippen LogP contribution in [0.1, 0.15) is 18.9 Å². The number of ether oxygens (including phenoxy) is 1. The van der Waals surface area contributed by atoms with Gasteiger partial charge in [-0.25, -0.2) is 0 Å². The van der Waals surface area contributed by atoms with Gasteiger partial charge in [-0.3, -0.25) is 4.79 Å². The van der Waals surface area contributed by atoms with Gasteiger partial charge in [0.25, 0.3) is 5.91 Å². The Morgan fingerprint density at radius 1 is 1.17 bits per heavy atom. The van der Waals surface area contributed by atoms with E-state index in [1.165, 1.54) is 5.69 Å². The van der Waals surface area contributed by atoms with Gasteiger partial charge in [0, 0.05) is 31.7 Å². The van der Waals surface area contributed by atoms with E-state index in [-0.39, 0.29) is 12.0 Å². The van der Waals surface area contributed by atoms with Crippen molar-refractivity contribution in [3.05, 3.63) is 60.2 Å². The molecule has 1 amide bonds. The Bertz CT molecular complexity index is 647. The number of hydrogen-bond acceptors (Lipinski definition) is 3. The Morgan fingerprint density at radius 3 is 2.67 bits per heavy atom. The maximum absolute atomic E-state index is 12.2. The molecule has 0 bridgehead atoms. The van der Waals surface area contributed by atoms with Gasteiger partial charge in [0.05, 0.1) is 0 Å². The smallest absolute Gasteiger partial charge is 0.261 e. The Balaban J connectivity index is 1.41. The Labute approximate surface area is 143 Å². The molecule has 2 aromatic rings. The molecule has 126 valence electrons. The number of amides is 1. The van der Waals surface area contributed by atoms with Gasteiger partial charge in [0.1, 0.15) is 5.75 Å². The van der Waals surface area contributed by atoms with Crippen molar-refractivity contribution >= 4 is 11.6 Å². The normalized spacial score (nSPS) is 15.5. The molecule has 0 aliphatic carbocycles. The first-order valence-corrected chi connectivity index (χ1v) is 8.60. The lowest BCUT2D eigenvalue weighted by molar-refractivity contribution is -0.127. The van der Waals surface area contributed by atoms with E-state index in [0.29, 0.717) is 13.0 Å². The Hall–Kier alpha value is -2.49. The fourth-order valence-corrected chi connectivity index (χ4v) is 3.03. The molecule has 4 nitrogen and oxygen atoms in total. The lowest BCUT2D eigenvalue weighted by Crippen LogP contribution is -2.38. The number of anilines is 1. The molecule has 1 atom stereocenters. The summed E-state index contributed by atoms with van der Waals surface area (Å²) < 4.78 is 5.71. The van der Waals surface area contributed by atoms with Gasteiger partial charge in [0.15, 0.2) is 6.10 Å². The van der Waals surface area contributed by atoms with Crippen molar-refractivity contribution in [1.82, 2.24) is 5.32 Å². The van der Waals surface area contributed by atoms with Crippen LogP contribution in [0.2, 0.25) is 0 Å². The number of para-hydroxylation sites is 2. The second kappa shape index (κ2) is 7.86. The van der Waals surface area contributed by atoms with Gasteiger partial charge in [-0.1, -0.05) is 36.4 Å². The third-order valence-electron chi connectivity index (χ3n) is 4.35. The van der Waals surface area contributed by atoms with E-state index in [4.69, 9.17) is 4.74 Å². The molecule has 4 heteroatoms. The number of carbonyl (C=O) groups excluding carboxylic acids is 1. The molecule has 1 aliphatic rings. The number of carbonyl (C=O) groups is 1. The molecule has 24 heavy (non-hydrogen) atoms. The van der Waals surface area contributed by atoms with Crippen molar-refractivity contribution in [2.45, 2.75) is 25.9 Å². The predicted molar refractivity (Wildman–Crippen MR) is 96.5 cm³/mol. The van der Waals surface area contributed by atoms with Crippen molar-refractivity contribution in [3.63, 3.8) is 0 Å². The fourth-order valence-electron chi connectivity index (χ4n) is 3.03. The lowest BCUT2D eigenvalue weighted by Gasteiger charge is -2.23. The average molecular weight is 324 g/mol. The number of nitrogens with zero attached hydrogens (tertiary/aromatic N) is 1. The number of fused-ring (bicyclic) bond motifs is 1. The minimum absolute atomic E-state index is 0.0195. The largest absolute Gasteiger partial charge is 0.480 e. The van der Waals surface area contributed by atoms with Crippen LogP contribution >= 0.6 is 0 Å². The van der Waals surface area contributed by atoms with Gasteiger partial charge < -0.3 is 15.0 Å². The minimum Gasteiger partial charge on any atom is -0.480 e. The van der Waals surface area contributed by atoms with Crippen LogP contribution in [-0.2, 0) is 11.2 Å². The standard InChI is InChI=1S/C20H24N2O2/c1-2-22(17-10-4-3-5-11-17)14-8-13-21-20(23)19-15-16-9-6-7-12-18(16)24-19/h3-7,9-12,19H,2,8,13-15H2,1H3,(H,21,23). The summed E-state index contributed by atoms with van der Waals surface area (Å²) in [6.07, 6.45) is 1.18. The molecule has 0 saturated heterocycles.